The van der Waals surface area contributed by atoms with E-state index in [1.165, 1.54) is 11.3 Å². The smallest absolute Gasteiger partial charge is 0.264 e. The standard InChI is InChI=1S/C7H7NO3S2/c1-8-7-4-3-6(12-7)5-11-13(2,9)10/h3-4H,5H2,2H3. The first-order valence-electron chi connectivity index (χ1n) is 3.32. The maximum Gasteiger partial charge on any atom is 0.264 e. The van der Waals surface area contributed by atoms with Crippen molar-refractivity contribution < 1.29 is 12.6 Å². The molecule has 0 saturated carbocycles. The van der Waals surface area contributed by atoms with E-state index < -0.39 is 10.1 Å². The molecule has 0 saturated heterocycles. The lowest BCUT2D eigenvalue weighted by atomic mass is 10.5. The molecular weight excluding hydrogens is 210 g/mol. The van der Waals surface area contributed by atoms with E-state index in [-0.39, 0.29) is 6.61 Å². The molecule has 13 heavy (non-hydrogen) atoms. The van der Waals surface area contributed by atoms with E-state index in [0.717, 1.165) is 11.1 Å². The fourth-order valence-corrected chi connectivity index (χ4v) is 1.79. The minimum Gasteiger partial charge on any atom is -0.265 e. The normalized spacial score (nSPS) is 11.1. The van der Waals surface area contributed by atoms with Crippen molar-refractivity contribution in [3.63, 3.8) is 0 Å². The zero-order chi connectivity index (χ0) is 9.90. The van der Waals surface area contributed by atoms with Gasteiger partial charge in [0.1, 0.15) is 0 Å². The van der Waals surface area contributed by atoms with Gasteiger partial charge in [-0.1, -0.05) is 6.07 Å². The van der Waals surface area contributed by atoms with Crippen molar-refractivity contribution in [2.24, 2.45) is 0 Å². The number of rotatable bonds is 3. The van der Waals surface area contributed by atoms with Gasteiger partial charge in [-0.15, -0.1) is 0 Å². The van der Waals surface area contributed by atoms with Crippen molar-refractivity contribution in [1.82, 2.24) is 0 Å². The first kappa shape index (κ1) is 10.2. The third kappa shape index (κ3) is 3.55. The molecule has 4 nitrogen and oxygen atoms in total. The Morgan fingerprint density at radius 1 is 1.62 bits per heavy atom. The predicted octanol–water partition coefficient (Wildman–Crippen LogP) is 1.78. The van der Waals surface area contributed by atoms with Gasteiger partial charge < -0.3 is 0 Å². The Morgan fingerprint density at radius 3 is 2.77 bits per heavy atom. The number of hydrogen-bond donors (Lipinski definition) is 0. The molecule has 70 valence electrons. The first-order chi connectivity index (χ1) is 6.01. The molecule has 1 aromatic heterocycles. The van der Waals surface area contributed by atoms with Crippen LogP contribution in [0.4, 0.5) is 5.00 Å². The molecule has 6 heteroatoms. The highest BCUT2D eigenvalue weighted by atomic mass is 32.2. The lowest BCUT2D eigenvalue weighted by Gasteiger charge is -1.96. The summed E-state index contributed by atoms with van der Waals surface area (Å²) in [7, 11) is -3.39. The summed E-state index contributed by atoms with van der Waals surface area (Å²) in [5.41, 5.74) is 0. The van der Waals surface area contributed by atoms with Crippen LogP contribution in [0, 0.1) is 6.57 Å². The SMILES string of the molecule is [C-]#[N+]c1ccc(COS(C)(=O)=O)s1. The molecule has 1 rings (SSSR count). The summed E-state index contributed by atoms with van der Waals surface area (Å²) >= 11 is 1.23. The van der Waals surface area contributed by atoms with Crippen LogP contribution in [0.2, 0.25) is 0 Å². The first-order valence-corrected chi connectivity index (χ1v) is 5.95. The Labute approximate surface area is 80.7 Å². The summed E-state index contributed by atoms with van der Waals surface area (Å²) in [5.74, 6) is 0. The second-order valence-electron chi connectivity index (χ2n) is 2.32. The van der Waals surface area contributed by atoms with Gasteiger partial charge >= 0.3 is 0 Å². The van der Waals surface area contributed by atoms with Crippen molar-refractivity contribution in [2.45, 2.75) is 6.61 Å². The summed E-state index contributed by atoms with van der Waals surface area (Å²) < 4.78 is 25.8. The molecule has 0 spiro atoms. The second kappa shape index (κ2) is 3.87. The molecule has 0 fully saturated rings. The molecule has 0 atom stereocenters. The Morgan fingerprint density at radius 2 is 2.31 bits per heavy atom. The van der Waals surface area contributed by atoms with Crippen LogP contribution in [0.1, 0.15) is 4.88 Å². The molecule has 0 unspecified atom stereocenters. The zero-order valence-corrected chi connectivity index (χ0v) is 8.48. The van der Waals surface area contributed by atoms with E-state index in [1.54, 1.807) is 12.1 Å². The Kier molecular flexibility index (Phi) is 3.03. The third-order valence-corrected chi connectivity index (χ3v) is 2.67. The highest BCUT2D eigenvalue weighted by Gasteiger charge is 2.04. The second-order valence-corrected chi connectivity index (χ2v) is 5.11. The van der Waals surface area contributed by atoms with Crippen molar-refractivity contribution in [2.75, 3.05) is 6.26 Å². The van der Waals surface area contributed by atoms with Gasteiger partial charge in [0.05, 0.1) is 19.4 Å². The highest BCUT2D eigenvalue weighted by Crippen LogP contribution is 2.25. The van der Waals surface area contributed by atoms with Crippen molar-refractivity contribution in [3.05, 3.63) is 28.4 Å². The molecule has 0 N–H and O–H groups in total. The van der Waals surface area contributed by atoms with E-state index in [9.17, 15) is 8.42 Å². The maximum absolute atomic E-state index is 10.6. The van der Waals surface area contributed by atoms with Crippen LogP contribution in [0.5, 0.6) is 0 Å². The van der Waals surface area contributed by atoms with Gasteiger partial charge in [-0.25, -0.2) is 4.85 Å². The van der Waals surface area contributed by atoms with E-state index in [2.05, 4.69) is 9.03 Å². The molecule has 0 amide bonds. The summed E-state index contributed by atoms with van der Waals surface area (Å²) in [5, 5.41) is 0.534. The van der Waals surface area contributed by atoms with Crippen molar-refractivity contribution in [3.8, 4) is 0 Å². The largest absolute Gasteiger partial charge is 0.265 e. The average Bonchev–Trinajstić information content (AvgIpc) is 2.47. The van der Waals surface area contributed by atoms with Gasteiger partial charge in [-0.3, -0.25) is 4.18 Å². The summed E-state index contributed by atoms with van der Waals surface area (Å²) in [4.78, 5) is 3.93. The van der Waals surface area contributed by atoms with Gasteiger partial charge in [0, 0.05) is 4.88 Å². The fourth-order valence-electron chi connectivity index (χ4n) is 0.669. The molecule has 0 aliphatic carbocycles. The Hall–Kier alpha value is -0.900. The fraction of sp³-hybridized carbons (Fsp3) is 0.286. The van der Waals surface area contributed by atoms with E-state index >= 15 is 0 Å². The minimum atomic E-state index is -3.39. The van der Waals surface area contributed by atoms with Crippen LogP contribution in [0.25, 0.3) is 4.85 Å². The zero-order valence-electron chi connectivity index (χ0n) is 6.85. The van der Waals surface area contributed by atoms with Gasteiger partial charge in [0.2, 0.25) is 5.00 Å². The number of nitrogens with zero attached hydrogens (tertiary/aromatic N) is 1. The van der Waals surface area contributed by atoms with Gasteiger partial charge in [0.15, 0.2) is 0 Å². The van der Waals surface area contributed by atoms with Crippen LogP contribution in [-0.2, 0) is 20.9 Å². The number of thiophene rings is 1. The molecule has 0 bridgehead atoms. The van der Waals surface area contributed by atoms with Gasteiger partial charge in [-0.05, 0) is 6.07 Å². The number of hydrogen-bond acceptors (Lipinski definition) is 4. The molecule has 1 heterocycles. The van der Waals surface area contributed by atoms with Crippen LogP contribution in [-0.4, -0.2) is 14.7 Å². The Bertz CT molecular complexity index is 427. The molecular formula is C7H7NO3S2. The lowest BCUT2D eigenvalue weighted by molar-refractivity contribution is 0.315. The molecule has 0 aromatic carbocycles. The van der Waals surface area contributed by atoms with E-state index in [0.29, 0.717) is 5.00 Å². The molecule has 1 aromatic rings. The maximum atomic E-state index is 10.6. The monoisotopic (exact) mass is 217 g/mol. The summed E-state index contributed by atoms with van der Waals surface area (Å²) in [6.07, 6.45) is 0.996. The topological polar surface area (TPSA) is 47.7 Å². The van der Waals surface area contributed by atoms with E-state index in [4.69, 9.17) is 6.57 Å². The van der Waals surface area contributed by atoms with Crippen LogP contribution in [0.15, 0.2) is 12.1 Å². The van der Waals surface area contributed by atoms with Gasteiger partial charge in [-0.2, -0.15) is 19.8 Å². The van der Waals surface area contributed by atoms with Gasteiger partial charge in [0.25, 0.3) is 10.1 Å². The third-order valence-electron chi connectivity index (χ3n) is 1.17. The van der Waals surface area contributed by atoms with Crippen LogP contribution >= 0.6 is 11.3 Å². The lowest BCUT2D eigenvalue weighted by Crippen LogP contribution is -2.01. The molecule has 0 aliphatic rings. The van der Waals surface area contributed by atoms with Crippen LogP contribution < -0.4 is 0 Å². The van der Waals surface area contributed by atoms with E-state index in [1.807, 2.05) is 0 Å². The minimum absolute atomic E-state index is 0.0129. The van der Waals surface area contributed by atoms with Crippen LogP contribution in [0.3, 0.4) is 0 Å². The van der Waals surface area contributed by atoms with Crippen molar-refractivity contribution >= 4 is 26.5 Å². The molecule has 0 aliphatic heterocycles. The predicted molar refractivity (Wildman–Crippen MR) is 50.2 cm³/mol. The highest BCUT2D eigenvalue weighted by molar-refractivity contribution is 7.85. The summed E-state index contributed by atoms with van der Waals surface area (Å²) in [6.45, 7) is 6.70. The molecule has 0 radical (unpaired) electrons. The van der Waals surface area contributed by atoms with Crippen molar-refractivity contribution in [1.29, 1.82) is 0 Å². The average molecular weight is 217 g/mol. The summed E-state index contributed by atoms with van der Waals surface area (Å²) in [6, 6.07) is 3.32. The quantitative estimate of drug-likeness (QED) is 0.572. The Balaban J connectivity index is 2.62.